The van der Waals surface area contributed by atoms with Crippen LogP contribution in [0.25, 0.3) is 11.1 Å². The topological polar surface area (TPSA) is 43.1 Å². The first-order chi connectivity index (χ1) is 7.63. The molecule has 2 aromatic rings. The Labute approximate surface area is 100 Å². The Morgan fingerprint density at radius 2 is 2.12 bits per heavy atom. The zero-order valence-electron chi connectivity index (χ0n) is 8.04. The highest BCUT2D eigenvalue weighted by Crippen LogP contribution is 2.34. The van der Waals surface area contributed by atoms with Gasteiger partial charge in [0.15, 0.2) is 6.29 Å². The zero-order valence-corrected chi connectivity index (χ0v) is 9.61. The standard InChI is InChI=1S/C11H7ClFNOS/c12-6-1-2-7(10(13)3-6)9-5-16-11(14)8(9)4-15/h1-5H,14H2. The highest BCUT2D eigenvalue weighted by Gasteiger charge is 2.14. The number of carbonyl (C=O) groups is 1. The van der Waals surface area contributed by atoms with E-state index in [9.17, 15) is 9.18 Å². The van der Waals surface area contributed by atoms with Crippen LogP contribution in [0.15, 0.2) is 23.6 Å². The Morgan fingerprint density at radius 3 is 2.75 bits per heavy atom. The van der Waals surface area contributed by atoms with Crippen LogP contribution in [-0.4, -0.2) is 6.29 Å². The third-order valence-corrected chi connectivity index (χ3v) is 3.26. The second kappa shape index (κ2) is 4.23. The van der Waals surface area contributed by atoms with Crippen molar-refractivity contribution < 1.29 is 9.18 Å². The molecule has 1 aromatic carbocycles. The zero-order chi connectivity index (χ0) is 11.7. The lowest BCUT2D eigenvalue weighted by molar-refractivity contribution is 0.112. The first-order valence-electron chi connectivity index (χ1n) is 4.41. The summed E-state index contributed by atoms with van der Waals surface area (Å²) in [6.45, 7) is 0. The molecule has 0 saturated carbocycles. The summed E-state index contributed by atoms with van der Waals surface area (Å²) in [4.78, 5) is 10.8. The van der Waals surface area contributed by atoms with E-state index in [2.05, 4.69) is 0 Å². The maximum atomic E-state index is 13.6. The molecule has 0 bridgehead atoms. The predicted octanol–water partition coefficient (Wildman–Crippen LogP) is 3.60. The van der Waals surface area contributed by atoms with Crippen LogP contribution in [-0.2, 0) is 0 Å². The number of benzene rings is 1. The first kappa shape index (κ1) is 11.1. The van der Waals surface area contributed by atoms with Gasteiger partial charge in [-0.25, -0.2) is 4.39 Å². The van der Waals surface area contributed by atoms with E-state index in [0.717, 1.165) is 0 Å². The maximum Gasteiger partial charge on any atom is 0.153 e. The van der Waals surface area contributed by atoms with Gasteiger partial charge in [0.1, 0.15) is 5.82 Å². The monoisotopic (exact) mass is 255 g/mol. The maximum absolute atomic E-state index is 13.6. The van der Waals surface area contributed by atoms with Gasteiger partial charge in [-0.1, -0.05) is 11.6 Å². The molecule has 0 fully saturated rings. The number of thiophene rings is 1. The molecule has 0 aliphatic carbocycles. The van der Waals surface area contributed by atoms with Crippen LogP contribution in [0, 0.1) is 5.82 Å². The summed E-state index contributed by atoms with van der Waals surface area (Å²) in [6, 6.07) is 4.31. The number of hydrogen-bond acceptors (Lipinski definition) is 3. The predicted molar refractivity (Wildman–Crippen MR) is 64.5 cm³/mol. The average molecular weight is 256 g/mol. The fourth-order valence-corrected chi connectivity index (χ4v) is 2.36. The molecule has 0 amide bonds. The average Bonchev–Trinajstić information content (AvgIpc) is 2.59. The van der Waals surface area contributed by atoms with Gasteiger partial charge in [-0.3, -0.25) is 4.79 Å². The number of halogens is 2. The van der Waals surface area contributed by atoms with Gasteiger partial charge in [0.2, 0.25) is 0 Å². The number of rotatable bonds is 2. The Bertz CT molecular complexity index is 553. The molecule has 0 atom stereocenters. The lowest BCUT2D eigenvalue weighted by Gasteiger charge is -2.02. The summed E-state index contributed by atoms with van der Waals surface area (Å²) >= 11 is 6.86. The van der Waals surface area contributed by atoms with E-state index in [1.807, 2.05) is 0 Å². The third kappa shape index (κ3) is 1.81. The smallest absolute Gasteiger partial charge is 0.153 e. The number of nitrogen functional groups attached to an aromatic ring is 1. The molecule has 0 spiro atoms. The van der Waals surface area contributed by atoms with Crippen molar-refractivity contribution in [1.82, 2.24) is 0 Å². The Hall–Kier alpha value is -1.39. The van der Waals surface area contributed by atoms with Crippen molar-refractivity contribution in [2.45, 2.75) is 0 Å². The molecule has 0 radical (unpaired) electrons. The minimum atomic E-state index is -0.464. The highest BCUT2D eigenvalue weighted by molar-refractivity contribution is 7.14. The van der Waals surface area contributed by atoms with Gasteiger partial charge in [-0.2, -0.15) is 0 Å². The summed E-state index contributed by atoms with van der Waals surface area (Å²) < 4.78 is 13.6. The molecule has 5 heteroatoms. The van der Waals surface area contributed by atoms with Gasteiger partial charge in [0.25, 0.3) is 0 Å². The van der Waals surface area contributed by atoms with E-state index >= 15 is 0 Å². The van der Waals surface area contributed by atoms with Crippen LogP contribution in [0.1, 0.15) is 10.4 Å². The summed E-state index contributed by atoms with van der Waals surface area (Å²) in [5.74, 6) is -0.464. The molecule has 16 heavy (non-hydrogen) atoms. The van der Waals surface area contributed by atoms with E-state index < -0.39 is 5.82 Å². The van der Waals surface area contributed by atoms with E-state index in [0.29, 0.717) is 33.0 Å². The number of anilines is 1. The molecule has 2 rings (SSSR count). The van der Waals surface area contributed by atoms with Crippen molar-refractivity contribution in [2.24, 2.45) is 0 Å². The SMILES string of the molecule is Nc1scc(-c2ccc(Cl)cc2F)c1C=O. The van der Waals surface area contributed by atoms with Crippen molar-refractivity contribution in [1.29, 1.82) is 0 Å². The molecule has 1 heterocycles. The molecule has 82 valence electrons. The molecular weight excluding hydrogens is 249 g/mol. The van der Waals surface area contributed by atoms with Crippen molar-refractivity contribution in [2.75, 3.05) is 5.73 Å². The largest absolute Gasteiger partial charge is 0.390 e. The molecule has 0 saturated heterocycles. The van der Waals surface area contributed by atoms with Crippen LogP contribution in [0.4, 0.5) is 9.39 Å². The van der Waals surface area contributed by atoms with E-state index in [-0.39, 0.29) is 0 Å². The molecule has 0 aliphatic heterocycles. The minimum Gasteiger partial charge on any atom is -0.390 e. The lowest BCUT2D eigenvalue weighted by atomic mass is 10.0. The fourth-order valence-electron chi connectivity index (χ4n) is 1.42. The molecule has 1 aromatic heterocycles. The van der Waals surface area contributed by atoms with Gasteiger partial charge >= 0.3 is 0 Å². The Morgan fingerprint density at radius 1 is 1.38 bits per heavy atom. The molecular formula is C11H7ClFNOS. The minimum absolute atomic E-state index is 0.317. The van der Waals surface area contributed by atoms with Crippen molar-refractivity contribution in [3.8, 4) is 11.1 Å². The second-order valence-corrected chi connectivity index (χ2v) is 4.52. The van der Waals surface area contributed by atoms with Crippen molar-refractivity contribution in [3.05, 3.63) is 40.0 Å². The van der Waals surface area contributed by atoms with Crippen molar-refractivity contribution >= 4 is 34.2 Å². The number of aldehydes is 1. The van der Waals surface area contributed by atoms with Crippen LogP contribution in [0.5, 0.6) is 0 Å². The fraction of sp³-hybridized carbons (Fsp3) is 0. The lowest BCUT2D eigenvalue weighted by Crippen LogP contribution is -1.90. The molecule has 0 unspecified atom stereocenters. The molecule has 2 nitrogen and oxygen atoms in total. The van der Waals surface area contributed by atoms with Gasteiger partial charge in [0, 0.05) is 21.5 Å². The Balaban J connectivity index is 2.63. The molecule has 0 aliphatic rings. The number of hydrogen-bond donors (Lipinski definition) is 1. The van der Waals surface area contributed by atoms with Gasteiger partial charge in [0.05, 0.1) is 10.6 Å². The summed E-state index contributed by atoms with van der Waals surface area (Å²) in [6.07, 6.45) is 0.634. The van der Waals surface area contributed by atoms with Crippen molar-refractivity contribution in [3.63, 3.8) is 0 Å². The highest BCUT2D eigenvalue weighted by atomic mass is 35.5. The second-order valence-electron chi connectivity index (χ2n) is 3.17. The van der Waals surface area contributed by atoms with E-state index in [4.69, 9.17) is 17.3 Å². The van der Waals surface area contributed by atoms with E-state index in [1.165, 1.54) is 23.5 Å². The van der Waals surface area contributed by atoms with Gasteiger partial charge in [-0.15, -0.1) is 11.3 Å². The van der Waals surface area contributed by atoms with Gasteiger partial charge in [-0.05, 0) is 18.2 Å². The Kier molecular flexibility index (Phi) is 2.94. The van der Waals surface area contributed by atoms with Crippen LogP contribution in [0.3, 0.4) is 0 Å². The van der Waals surface area contributed by atoms with Crippen LogP contribution in [0.2, 0.25) is 5.02 Å². The summed E-state index contributed by atoms with van der Waals surface area (Å²) in [7, 11) is 0. The third-order valence-electron chi connectivity index (χ3n) is 2.20. The quantitative estimate of drug-likeness (QED) is 0.833. The van der Waals surface area contributed by atoms with E-state index in [1.54, 1.807) is 11.4 Å². The summed E-state index contributed by atoms with van der Waals surface area (Å²) in [5, 5.41) is 2.36. The normalized spacial score (nSPS) is 10.4. The van der Waals surface area contributed by atoms with Gasteiger partial charge < -0.3 is 5.73 Å². The van der Waals surface area contributed by atoms with Crippen LogP contribution < -0.4 is 5.73 Å². The summed E-state index contributed by atoms with van der Waals surface area (Å²) in [5.41, 5.74) is 6.77. The number of carbonyl (C=O) groups excluding carboxylic acids is 1. The van der Waals surface area contributed by atoms with Crippen LogP contribution >= 0.6 is 22.9 Å². The molecule has 2 N–H and O–H groups in total. The first-order valence-corrected chi connectivity index (χ1v) is 5.67. The number of nitrogens with two attached hydrogens (primary N) is 1.